The van der Waals surface area contributed by atoms with Gasteiger partial charge in [0.2, 0.25) is 0 Å². The Labute approximate surface area is 108 Å². The first-order chi connectivity index (χ1) is 8.74. The quantitative estimate of drug-likeness (QED) is 0.689. The summed E-state index contributed by atoms with van der Waals surface area (Å²) in [5.74, 6) is 0. The Morgan fingerprint density at radius 3 is 2.06 bits per heavy atom. The minimum Gasteiger partial charge on any atom is -0.0610 e. The van der Waals surface area contributed by atoms with Crippen molar-refractivity contribution >= 4 is 5.57 Å². The Hall–Kier alpha value is -2.08. The highest BCUT2D eigenvalue weighted by atomic mass is 14.1. The first-order valence-corrected chi connectivity index (χ1v) is 6.30. The van der Waals surface area contributed by atoms with Crippen LogP contribution in [-0.4, -0.2) is 0 Å². The van der Waals surface area contributed by atoms with Crippen LogP contribution in [0.3, 0.4) is 0 Å². The van der Waals surface area contributed by atoms with E-state index in [4.69, 9.17) is 0 Å². The van der Waals surface area contributed by atoms with Crippen LogP contribution in [0.15, 0.2) is 60.7 Å². The van der Waals surface area contributed by atoms with Gasteiger partial charge in [-0.05, 0) is 41.7 Å². The first-order valence-electron chi connectivity index (χ1n) is 6.30. The fourth-order valence-corrected chi connectivity index (χ4v) is 2.27. The van der Waals surface area contributed by atoms with Gasteiger partial charge in [-0.2, -0.15) is 0 Å². The molecule has 0 bridgehead atoms. The summed E-state index contributed by atoms with van der Waals surface area (Å²) in [4.78, 5) is 0. The van der Waals surface area contributed by atoms with E-state index < -0.39 is 0 Å². The van der Waals surface area contributed by atoms with Crippen molar-refractivity contribution in [2.45, 2.75) is 13.8 Å². The zero-order chi connectivity index (χ0) is 12.5. The number of benzene rings is 2. The van der Waals surface area contributed by atoms with E-state index in [2.05, 4.69) is 74.5 Å². The number of hydrogen-bond donors (Lipinski definition) is 0. The summed E-state index contributed by atoms with van der Waals surface area (Å²) in [6, 6.07) is 15.4. The van der Waals surface area contributed by atoms with E-state index in [1.165, 1.54) is 33.4 Å². The molecule has 2 aromatic rings. The molecule has 0 spiro atoms. The monoisotopic (exact) mass is 232 g/mol. The minimum absolute atomic E-state index is 1.30. The van der Waals surface area contributed by atoms with Gasteiger partial charge in [0.15, 0.2) is 0 Å². The van der Waals surface area contributed by atoms with Gasteiger partial charge in [-0.25, -0.2) is 0 Å². The average Bonchev–Trinajstić information content (AvgIpc) is 2.31. The van der Waals surface area contributed by atoms with Gasteiger partial charge >= 0.3 is 0 Å². The van der Waals surface area contributed by atoms with Crippen LogP contribution in [0, 0.1) is 13.8 Å². The van der Waals surface area contributed by atoms with Crippen LogP contribution < -0.4 is 0 Å². The van der Waals surface area contributed by atoms with Gasteiger partial charge in [-0.3, -0.25) is 0 Å². The summed E-state index contributed by atoms with van der Waals surface area (Å²) in [6.45, 7) is 4.31. The molecule has 1 aliphatic rings. The largest absolute Gasteiger partial charge is 0.0610 e. The van der Waals surface area contributed by atoms with Crippen LogP contribution in [0.4, 0.5) is 0 Å². The molecule has 2 aromatic carbocycles. The Morgan fingerprint density at radius 2 is 1.44 bits per heavy atom. The lowest BCUT2D eigenvalue weighted by molar-refractivity contribution is 1.39. The van der Waals surface area contributed by atoms with Crippen molar-refractivity contribution in [1.82, 2.24) is 0 Å². The molecule has 0 atom stereocenters. The molecule has 3 rings (SSSR count). The molecule has 0 saturated heterocycles. The molecule has 0 nitrogen and oxygen atoms in total. The van der Waals surface area contributed by atoms with Crippen molar-refractivity contribution in [3.8, 4) is 11.1 Å². The van der Waals surface area contributed by atoms with Gasteiger partial charge in [0, 0.05) is 0 Å². The Balaban J connectivity index is 1.99. The topological polar surface area (TPSA) is 0 Å². The third-order valence-electron chi connectivity index (χ3n) is 3.47. The van der Waals surface area contributed by atoms with Crippen LogP contribution in [0.25, 0.3) is 16.7 Å². The van der Waals surface area contributed by atoms with Crippen molar-refractivity contribution in [3.63, 3.8) is 0 Å². The van der Waals surface area contributed by atoms with Gasteiger partial charge in [0.1, 0.15) is 0 Å². The molecule has 0 heterocycles. The number of hydrogen-bond acceptors (Lipinski definition) is 0. The molecule has 18 heavy (non-hydrogen) atoms. The number of allylic oxidation sites excluding steroid dienone is 4. The maximum Gasteiger partial charge on any atom is -0.0152 e. The van der Waals surface area contributed by atoms with Crippen molar-refractivity contribution in [2.75, 3.05) is 0 Å². The van der Waals surface area contributed by atoms with E-state index in [9.17, 15) is 0 Å². The standard InChI is InChI=1S/C18H16/c1-13-6-7-14(2)18(12-13)17-10-8-16(9-11-17)15-4-3-5-15/h3-12H,1-2H3. The van der Waals surface area contributed by atoms with Crippen LogP contribution in [-0.2, 0) is 0 Å². The maximum atomic E-state index is 2.26. The molecular formula is C18H16. The third kappa shape index (κ3) is 1.91. The van der Waals surface area contributed by atoms with E-state index in [0.717, 1.165) is 0 Å². The van der Waals surface area contributed by atoms with Crippen LogP contribution in [0.2, 0.25) is 0 Å². The molecule has 0 N–H and O–H groups in total. The second-order valence-corrected chi connectivity index (χ2v) is 4.88. The fourth-order valence-electron chi connectivity index (χ4n) is 2.27. The van der Waals surface area contributed by atoms with E-state index >= 15 is 0 Å². The summed E-state index contributed by atoms with van der Waals surface area (Å²) in [5, 5.41) is 0. The summed E-state index contributed by atoms with van der Waals surface area (Å²) < 4.78 is 0. The molecule has 0 fully saturated rings. The van der Waals surface area contributed by atoms with E-state index in [0.29, 0.717) is 0 Å². The van der Waals surface area contributed by atoms with Crippen LogP contribution in [0.5, 0.6) is 0 Å². The maximum absolute atomic E-state index is 2.26. The van der Waals surface area contributed by atoms with Crippen LogP contribution in [0.1, 0.15) is 16.7 Å². The van der Waals surface area contributed by atoms with Gasteiger partial charge in [-0.15, -0.1) is 0 Å². The van der Waals surface area contributed by atoms with Crippen molar-refractivity contribution in [1.29, 1.82) is 0 Å². The number of rotatable bonds is 2. The van der Waals surface area contributed by atoms with Crippen LogP contribution >= 0.6 is 0 Å². The highest BCUT2D eigenvalue weighted by Gasteiger charge is 2.05. The third-order valence-corrected chi connectivity index (χ3v) is 3.47. The predicted octanol–water partition coefficient (Wildman–Crippen LogP) is 4.92. The molecule has 0 amide bonds. The molecular weight excluding hydrogens is 216 g/mol. The summed E-state index contributed by atoms with van der Waals surface area (Å²) in [5.41, 5.74) is 7.89. The average molecular weight is 232 g/mol. The lowest BCUT2D eigenvalue weighted by Gasteiger charge is -2.10. The summed E-state index contributed by atoms with van der Waals surface area (Å²) >= 11 is 0. The molecule has 0 aliphatic heterocycles. The lowest BCUT2D eigenvalue weighted by Crippen LogP contribution is -1.88. The highest BCUT2D eigenvalue weighted by Crippen LogP contribution is 2.28. The smallest absolute Gasteiger partial charge is 0.0152 e. The Morgan fingerprint density at radius 1 is 0.778 bits per heavy atom. The van der Waals surface area contributed by atoms with E-state index in [-0.39, 0.29) is 0 Å². The zero-order valence-electron chi connectivity index (χ0n) is 10.8. The van der Waals surface area contributed by atoms with Gasteiger partial charge in [0.25, 0.3) is 0 Å². The zero-order valence-corrected chi connectivity index (χ0v) is 10.8. The first kappa shape index (κ1) is 11.0. The predicted molar refractivity (Wildman–Crippen MR) is 78.5 cm³/mol. The molecule has 0 saturated carbocycles. The summed E-state index contributed by atoms with van der Waals surface area (Å²) in [6.07, 6.45) is 6.37. The van der Waals surface area contributed by atoms with E-state index in [1.54, 1.807) is 0 Å². The molecule has 88 valence electrons. The molecule has 0 radical (unpaired) electrons. The van der Waals surface area contributed by atoms with Crippen molar-refractivity contribution < 1.29 is 0 Å². The fraction of sp³-hybridized carbons (Fsp3) is 0.111. The lowest BCUT2D eigenvalue weighted by atomic mass is 9.94. The van der Waals surface area contributed by atoms with Crippen molar-refractivity contribution in [2.24, 2.45) is 0 Å². The Bertz CT molecular complexity index is 640. The minimum atomic E-state index is 1.30. The molecule has 0 heteroatoms. The number of aryl methyl sites for hydroxylation is 2. The van der Waals surface area contributed by atoms with Gasteiger partial charge in [-0.1, -0.05) is 66.3 Å². The Kier molecular flexibility index (Phi) is 2.64. The second-order valence-electron chi connectivity index (χ2n) is 4.88. The molecule has 0 aromatic heterocycles. The SMILES string of the molecule is Cc1ccc(C)c(-c2ccc(C3=CC=C3)cc2)c1. The highest BCUT2D eigenvalue weighted by molar-refractivity contribution is 5.82. The molecule has 1 aliphatic carbocycles. The van der Waals surface area contributed by atoms with E-state index in [1.807, 2.05) is 0 Å². The second kappa shape index (κ2) is 4.30. The van der Waals surface area contributed by atoms with Gasteiger partial charge in [0.05, 0.1) is 0 Å². The van der Waals surface area contributed by atoms with Gasteiger partial charge < -0.3 is 0 Å². The van der Waals surface area contributed by atoms with Crippen molar-refractivity contribution in [3.05, 3.63) is 77.4 Å². The molecule has 0 unspecified atom stereocenters. The normalized spacial score (nSPS) is 13.1. The summed E-state index contributed by atoms with van der Waals surface area (Å²) in [7, 11) is 0.